The number of hydrogen-bond acceptors (Lipinski definition) is 4. The number of amides is 1. The summed E-state index contributed by atoms with van der Waals surface area (Å²) in [5.41, 5.74) is 0.717. The van der Waals surface area contributed by atoms with E-state index in [1.165, 1.54) is 50.6 Å². The molecule has 0 radical (unpaired) electrons. The number of halogens is 1. The molecule has 1 N–H and O–H groups in total. The van der Waals surface area contributed by atoms with Crippen molar-refractivity contribution in [2.24, 2.45) is 0 Å². The highest BCUT2D eigenvalue weighted by Crippen LogP contribution is 2.21. The van der Waals surface area contributed by atoms with Crippen LogP contribution < -0.4 is 5.32 Å². The molecular weight excluding hydrogens is 385 g/mol. The standard InChI is InChI=1S/C19H18FN3O4S/c1-22(27-2)28(25,26)16-7-5-6-14(12-16)19(24)21-18-13-15(8-9-17(18)20)23-10-3-4-11-23/h3-13H,1-2H3,(H,21,24). The quantitative estimate of drug-likeness (QED) is 0.642. The van der Waals surface area contributed by atoms with Gasteiger partial charge in [-0.3, -0.25) is 9.63 Å². The molecule has 0 aliphatic rings. The molecule has 0 bridgehead atoms. The predicted molar refractivity (Wildman–Crippen MR) is 102 cm³/mol. The molecule has 0 saturated carbocycles. The van der Waals surface area contributed by atoms with E-state index in [2.05, 4.69) is 5.32 Å². The van der Waals surface area contributed by atoms with E-state index in [-0.39, 0.29) is 16.1 Å². The molecule has 3 rings (SSSR count). The zero-order valence-corrected chi connectivity index (χ0v) is 16.0. The summed E-state index contributed by atoms with van der Waals surface area (Å²) in [6.07, 6.45) is 3.58. The average molecular weight is 403 g/mol. The van der Waals surface area contributed by atoms with Gasteiger partial charge in [0.25, 0.3) is 15.9 Å². The van der Waals surface area contributed by atoms with E-state index in [9.17, 15) is 17.6 Å². The van der Waals surface area contributed by atoms with Crippen LogP contribution in [0.3, 0.4) is 0 Å². The summed E-state index contributed by atoms with van der Waals surface area (Å²) in [6, 6.07) is 13.4. The molecule has 1 heterocycles. The summed E-state index contributed by atoms with van der Waals surface area (Å²) in [7, 11) is -1.45. The van der Waals surface area contributed by atoms with Crippen molar-refractivity contribution < 1.29 is 22.4 Å². The number of nitrogens with zero attached hydrogens (tertiary/aromatic N) is 2. The van der Waals surface area contributed by atoms with Gasteiger partial charge in [0.05, 0.1) is 17.7 Å². The van der Waals surface area contributed by atoms with Gasteiger partial charge >= 0.3 is 0 Å². The number of carbonyl (C=O) groups excluding carboxylic acids is 1. The van der Waals surface area contributed by atoms with Crippen molar-refractivity contribution in [3.63, 3.8) is 0 Å². The van der Waals surface area contributed by atoms with Gasteiger partial charge in [-0.1, -0.05) is 10.5 Å². The first-order valence-electron chi connectivity index (χ1n) is 8.20. The normalized spacial score (nSPS) is 11.6. The molecule has 0 fully saturated rings. The Kier molecular flexibility index (Phi) is 5.59. The van der Waals surface area contributed by atoms with Gasteiger partial charge in [-0.2, -0.15) is 0 Å². The van der Waals surface area contributed by atoms with Crippen molar-refractivity contribution in [3.05, 3.63) is 78.4 Å². The van der Waals surface area contributed by atoms with Crippen molar-refractivity contribution in [3.8, 4) is 5.69 Å². The van der Waals surface area contributed by atoms with Gasteiger partial charge in [-0.25, -0.2) is 12.8 Å². The summed E-state index contributed by atoms with van der Waals surface area (Å²) < 4.78 is 41.3. The summed E-state index contributed by atoms with van der Waals surface area (Å²) in [6.45, 7) is 0. The maximum atomic E-state index is 14.2. The lowest BCUT2D eigenvalue weighted by molar-refractivity contribution is -0.0258. The molecule has 0 unspecified atom stereocenters. The zero-order chi connectivity index (χ0) is 20.3. The zero-order valence-electron chi connectivity index (χ0n) is 15.2. The topological polar surface area (TPSA) is 80.6 Å². The largest absolute Gasteiger partial charge is 0.324 e. The van der Waals surface area contributed by atoms with Gasteiger partial charge in [0, 0.05) is 30.7 Å². The third-order valence-corrected chi connectivity index (χ3v) is 5.77. The molecule has 0 spiro atoms. The Morgan fingerprint density at radius 3 is 2.50 bits per heavy atom. The van der Waals surface area contributed by atoms with Crippen LogP contribution in [-0.4, -0.2) is 37.5 Å². The van der Waals surface area contributed by atoms with Crippen LogP contribution in [-0.2, 0) is 14.9 Å². The van der Waals surface area contributed by atoms with Crippen LogP contribution in [0.15, 0.2) is 71.9 Å². The van der Waals surface area contributed by atoms with Gasteiger partial charge < -0.3 is 9.88 Å². The molecule has 9 heteroatoms. The number of hydrogen-bond donors (Lipinski definition) is 1. The van der Waals surface area contributed by atoms with Crippen LogP contribution in [0.25, 0.3) is 5.69 Å². The molecule has 2 aromatic carbocycles. The second-order valence-corrected chi connectivity index (χ2v) is 7.77. The van der Waals surface area contributed by atoms with Crippen LogP contribution in [0.1, 0.15) is 10.4 Å². The maximum absolute atomic E-state index is 14.2. The smallest absolute Gasteiger partial charge is 0.264 e. The van der Waals surface area contributed by atoms with E-state index in [0.717, 1.165) is 0 Å². The maximum Gasteiger partial charge on any atom is 0.264 e. The highest BCUT2D eigenvalue weighted by Gasteiger charge is 2.22. The first-order chi connectivity index (χ1) is 13.3. The van der Waals surface area contributed by atoms with Gasteiger partial charge in [0.15, 0.2) is 0 Å². The number of carbonyl (C=O) groups is 1. The van der Waals surface area contributed by atoms with E-state index in [1.54, 1.807) is 23.0 Å². The SMILES string of the molecule is CON(C)S(=O)(=O)c1cccc(C(=O)Nc2cc(-n3cccc3)ccc2F)c1. The van der Waals surface area contributed by atoms with Crippen molar-refractivity contribution in [2.75, 3.05) is 19.5 Å². The molecule has 28 heavy (non-hydrogen) atoms. The summed E-state index contributed by atoms with van der Waals surface area (Å²) >= 11 is 0. The van der Waals surface area contributed by atoms with E-state index >= 15 is 0 Å². The van der Waals surface area contributed by atoms with Crippen LogP contribution in [0.4, 0.5) is 10.1 Å². The molecule has 0 saturated heterocycles. The molecule has 0 aliphatic carbocycles. The van der Waals surface area contributed by atoms with Gasteiger partial charge in [-0.05, 0) is 48.5 Å². The fourth-order valence-corrected chi connectivity index (χ4v) is 3.53. The summed E-state index contributed by atoms with van der Waals surface area (Å²) in [4.78, 5) is 17.2. The van der Waals surface area contributed by atoms with E-state index in [4.69, 9.17) is 4.84 Å². The lowest BCUT2D eigenvalue weighted by Gasteiger charge is -2.15. The van der Waals surface area contributed by atoms with Crippen LogP contribution in [0.5, 0.6) is 0 Å². The number of aromatic nitrogens is 1. The minimum atomic E-state index is -3.91. The van der Waals surface area contributed by atoms with E-state index in [0.29, 0.717) is 10.2 Å². The first-order valence-corrected chi connectivity index (χ1v) is 9.64. The van der Waals surface area contributed by atoms with Crippen LogP contribution in [0.2, 0.25) is 0 Å². The number of hydroxylamine groups is 1. The van der Waals surface area contributed by atoms with E-state index < -0.39 is 21.7 Å². The fraction of sp³-hybridized carbons (Fsp3) is 0.105. The molecule has 3 aromatic rings. The lowest BCUT2D eigenvalue weighted by Crippen LogP contribution is -2.26. The molecule has 0 atom stereocenters. The van der Waals surface area contributed by atoms with Crippen LogP contribution in [0, 0.1) is 5.82 Å². The summed E-state index contributed by atoms with van der Waals surface area (Å²) in [5, 5.41) is 2.48. The molecule has 7 nitrogen and oxygen atoms in total. The summed E-state index contributed by atoms with van der Waals surface area (Å²) in [5.74, 6) is -1.24. The number of sulfonamides is 1. The third kappa shape index (κ3) is 3.96. The molecule has 146 valence electrons. The van der Waals surface area contributed by atoms with Gasteiger partial charge in [-0.15, -0.1) is 0 Å². The van der Waals surface area contributed by atoms with Crippen molar-refractivity contribution in [1.82, 2.24) is 9.04 Å². The molecule has 1 amide bonds. The first kappa shape index (κ1) is 19.7. The monoisotopic (exact) mass is 403 g/mol. The van der Waals surface area contributed by atoms with Crippen molar-refractivity contribution in [2.45, 2.75) is 4.90 Å². The number of nitrogens with one attached hydrogen (secondary N) is 1. The Morgan fingerprint density at radius 2 is 1.82 bits per heavy atom. The Bertz CT molecular complexity index is 1100. The Balaban J connectivity index is 1.88. The van der Waals surface area contributed by atoms with Crippen molar-refractivity contribution >= 4 is 21.6 Å². The lowest BCUT2D eigenvalue weighted by atomic mass is 10.2. The Labute approximate surface area is 162 Å². The fourth-order valence-electron chi connectivity index (χ4n) is 2.52. The highest BCUT2D eigenvalue weighted by molar-refractivity contribution is 7.89. The van der Waals surface area contributed by atoms with Crippen molar-refractivity contribution in [1.29, 1.82) is 0 Å². The minimum absolute atomic E-state index is 0.0153. The Morgan fingerprint density at radius 1 is 1.11 bits per heavy atom. The third-order valence-electron chi connectivity index (χ3n) is 4.09. The van der Waals surface area contributed by atoms with Crippen LogP contribution >= 0.6 is 0 Å². The number of anilines is 1. The molecular formula is C19H18FN3O4S. The number of rotatable bonds is 6. The number of benzene rings is 2. The van der Waals surface area contributed by atoms with Gasteiger partial charge in [0.2, 0.25) is 0 Å². The average Bonchev–Trinajstić information content (AvgIpc) is 3.23. The highest BCUT2D eigenvalue weighted by atomic mass is 32.2. The predicted octanol–water partition coefficient (Wildman–Crippen LogP) is 3.05. The second kappa shape index (κ2) is 7.93. The molecule has 1 aromatic heterocycles. The minimum Gasteiger partial charge on any atom is -0.324 e. The van der Waals surface area contributed by atoms with E-state index in [1.807, 2.05) is 12.1 Å². The van der Waals surface area contributed by atoms with Gasteiger partial charge in [0.1, 0.15) is 5.82 Å². The second-order valence-electron chi connectivity index (χ2n) is 5.83. The Hall–Kier alpha value is -3.01. The molecule has 0 aliphatic heterocycles.